The maximum Gasteiger partial charge on any atom is 0.185 e. The first-order valence-electron chi connectivity index (χ1n) is 13.9. The predicted octanol–water partition coefficient (Wildman–Crippen LogP) is 6.37. The van der Waals surface area contributed by atoms with Crippen LogP contribution in [0.3, 0.4) is 0 Å². The SMILES string of the molecule is CC1CCN(c2nc3c(s2)CCN(CCC2CCC(CC(=O)c4cccc5ncccc45)CC2)C3)C1. The van der Waals surface area contributed by atoms with Crippen LogP contribution in [-0.2, 0) is 13.0 Å². The summed E-state index contributed by atoms with van der Waals surface area (Å²) in [5.41, 5.74) is 3.10. The van der Waals surface area contributed by atoms with Crippen LogP contribution in [0.2, 0.25) is 0 Å². The Kier molecular flexibility index (Phi) is 7.07. The van der Waals surface area contributed by atoms with Crippen LogP contribution in [0.1, 0.15) is 72.8 Å². The van der Waals surface area contributed by atoms with E-state index in [-0.39, 0.29) is 5.78 Å². The van der Waals surface area contributed by atoms with Crippen molar-refractivity contribution >= 4 is 33.2 Å². The Labute approximate surface area is 218 Å². The second kappa shape index (κ2) is 10.6. The van der Waals surface area contributed by atoms with Crippen molar-refractivity contribution in [3.63, 3.8) is 0 Å². The lowest BCUT2D eigenvalue weighted by molar-refractivity contribution is 0.0941. The van der Waals surface area contributed by atoms with Crippen LogP contribution < -0.4 is 4.90 Å². The summed E-state index contributed by atoms with van der Waals surface area (Å²) in [4.78, 5) is 29.2. The normalized spacial score (nSPS) is 24.8. The lowest BCUT2D eigenvalue weighted by Crippen LogP contribution is -2.32. The van der Waals surface area contributed by atoms with Gasteiger partial charge in [-0.05, 0) is 68.5 Å². The average molecular weight is 503 g/mol. The van der Waals surface area contributed by atoms with Crippen molar-refractivity contribution in [1.29, 1.82) is 0 Å². The molecule has 2 aliphatic heterocycles. The molecule has 1 unspecified atom stereocenters. The molecule has 190 valence electrons. The number of pyridine rings is 1. The molecule has 3 aliphatic rings. The van der Waals surface area contributed by atoms with E-state index in [4.69, 9.17) is 4.98 Å². The van der Waals surface area contributed by atoms with E-state index in [1.165, 1.54) is 80.4 Å². The Morgan fingerprint density at radius 1 is 1.06 bits per heavy atom. The Balaban J connectivity index is 0.964. The number of thiazole rings is 1. The van der Waals surface area contributed by atoms with Crippen molar-refractivity contribution in [2.24, 2.45) is 17.8 Å². The number of nitrogens with zero attached hydrogens (tertiary/aromatic N) is 4. The first-order chi connectivity index (χ1) is 17.6. The average Bonchev–Trinajstić information content (AvgIpc) is 3.53. The summed E-state index contributed by atoms with van der Waals surface area (Å²) < 4.78 is 0. The molecule has 0 N–H and O–H groups in total. The molecule has 36 heavy (non-hydrogen) atoms. The molecule has 2 aromatic heterocycles. The van der Waals surface area contributed by atoms with Gasteiger partial charge in [0.1, 0.15) is 0 Å². The molecular formula is C30H38N4OS. The van der Waals surface area contributed by atoms with Gasteiger partial charge in [-0.25, -0.2) is 4.98 Å². The zero-order valence-corrected chi connectivity index (χ0v) is 22.3. The molecule has 0 radical (unpaired) electrons. The van der Waals surface area contributed by atoms with Gasteiger partial charge in [0, 0.05) is 54.6 Å². The fourth-order valence-electron chi connectivity index (χ4n) is 6.48. The number of hydrogen-bond donors (Lipinski definition) is 0. The summed E-state index contributed by atoms with van der Waals surface area (Å²) in [6.45, 7) is 8.08. The highest BCUT2D eigenvalue weighted by molar-refractivity contribution is 7.15. The fraction of sp³-hybridized carbons (Fsp3) is 0.567. The Bertz CT molecular complexity index is 1210. The van der Waals surface area contributed by atoms with E-state index in [1.54, 1.807) is 6.20 Å². The minimum absolute atomic E-state index is 0.284. The molecular weight excluding hydrogens is 464 g/mol. The van der Waals surface area contributed by atoms with E-state index in [9.17, 15) is 4.79 Å². The van der Waals surface area contributed by atoms with E-state index in [0.29, 0.717) is 12.3 Å². The summed E-state index contributed by atoms with van der Waals surface area (Å²) in [5.74, 6) is 2.41. The maximum atomic E-state index is 13.1. The van der Waals surface area contributed by atoms with Gasteiger partial charge in [-0.1, -0.05) is 38.0 Å². The Morgan fingerprint density at radius 3 is 2.75 bits per heavy atom. The second-order valence-electron chi connectivity index (χ2n) is 11.4. The van der Waals surface area contributed by atoms with Gasteiger partial charge in [0.15, 0.2) is 10.9 Å². The Morgan fingerprint density at radius 2 is 1.92 bits per heavy atom. The number of aromatic nitrogens is 2. The van der Waals surface area contributed by atoms with Crippen molar-refractivity contribution in [3.8, 4) is 0 Å². The lowest BCUT2D eigenvalue weighted by atomic mass is 9.78. The van der Waals surface area contributed by atoms with Crippen LogP contribution in [0.25, 0.3) is 10.9 Å². The van der Waals surface area contributed by atoms with E-state index in [0.717, 1.165) is 41.3 Å². The molecule has 6 heteroatoms. The molecule has 3 aromatic rings. The minimum atomic E-state index is 0.284. The highest BCUT2D eigenvalue weighted by Gasteiger charge is 2.28. The fourth-order valence-corrected chi connectivity index (χ4v) is 7.57. The van der Waals surface area contributed by atoms with Crippen LogP contribution in [0.5, 0.6) is 0 Å². The predicted molar refractivity (Wildman–Crippen MR) is 148 cm³/mol. The third-order valence-corrected chi connectivity index (χ3v) is 9.95. The standard InChI is InChI=1S/C30H38N4OS/c1-21-11-17-34(19-21)30-32-27-20-33(16-13-29(27)36-30)15-12-22-7-9-23(10-8-22)18-28(35)25-4-2-6-26-24(25)5-3-14-31-26/h2-6,14,21-23H,7-13,15-20H2,1H3. The number of fused-ring (bicyclic) bond motifs is 2. The highest BCUT2D eigenvalue weighted by Crippen LogP contribution is 2.36. The van der Waals surface area contributed by atoms with Gasteiger partial charge in [0.25, 0.3) is 0 Å². The third-order valence-electron chi connectivity index (χ3n) is 8.73. The zero-order chi connectivity index (χ0) is 24.5. The highest BCUT2D eigenvalue weighted by atomic mass is 32.1. The number of ketones is 1. The van der Waals surface area contributed by atoms with Gasteiger partial charge in [0.2, 0.25) is 0 Å². The molecule has 1 aromatic carbocycles. The monoisotopic (exact) mass is 502 g/mol. The molecule has 1 saturated heterocycles. The summed E-state index contributed by atoms with van der Waals surface area (Å²) in [5, 5.41) is 2.25. The zero-order valence-electron chi connectivity index (χ0n) is 21.5. The third kappa shape index (κ3) is 5.21. The van der Waals surface area contributed by atoms with Gasteiger partial charge < -0.3 is 4.90 Å². The second-order valence-corrected chi connectivity index (χ2v) is 12.5. The van der Waals surface area contributed by atoms with Crippen molar-refractivity contribution < 1.29 is 4.79 Å². The van der Waals surface area contributed by atoms with E-state index < -0.39 is 0 Å². The molecule has 0 amide bonds. The van der Waals surface area contributed by atoms with Gasteiger partial charge in [-0.3, -0.25) is 14.7 Å². The number of anilines is 1. The smallest absolute Gasteiger partial charge is 0.185 e. The number of hydrogen-bond acceptors (Lipinski definition) is 6. The number of carbonyl (C=O) groups excluding carboxylic acids is 1. The van der Waals surface area contributed by atoms with Gasteiger partial charge in [0.05, 0.1) is 11.2 Å². The summed E-state index contributed by atoms with van der Waals surface area (Å²) >= 11 is 1.94. The van der Waals surface area contributed by atoms with Crippen LogP contribution in [0.15, 0.2) is 36.5 Å². The molecule has 1 aliphatic carbocycles. The van der Waals surface area contributed by atoms with E-state index >= 15 is 0 Å². The molecule has 1 saturated carbocycles. The van der Waals surface area contributed by atoms with Crippen LogP contribution in [-0.4, -0.2) is 46.8 Å². The first-order valence-corrected chi connectivity index (χ1v) is 14.8. The summed E-state index contributed by atoms with van der Waals surface area (Å²) in [6, 6.07) is 9.87. The number of benzene rings is 1. The lowest BCUT2D eigenvalue weighted by Gasteiger charge is -2.31. The number of carbonyl (C=O) groups is 1. The molecule has 5 nitrogen and oxygen atoms in total. The van der Waals surface area contributed by atoms with Crippen molar-refractivity contribution in [1.82, 2.24) is 14.9 Å². The van der Waals surface area contributed by atoms with Crippen molar-refractivity contribution in [2.75, 3.05) is 31.1 Å². The van der Waals surface area contributed by atoms with Crippen LogP contribution in [0, 0.1) is 17.8 Å². The first kappa shape index (κ1) is 24.1. The van der Waals surface area contributed by atoms with E-state index in [2.05, 4.69) is 21.7 Å². The largest absolute Gasteiger partial charge is 0.348 e. The van der Waals surface area contributed by atoms with Crippen LogP contribution >= 0.6 is 11.3 Å². The molecule has 2 fully saturated rings. The summed E-state index contributed by atoms with van der Waals surface area (Å²) in [6.07, 6.45) is 11.1. The van der Waals surface area contributed by atoms with Crippen LogP contribution in [0.4, 0.5) is 5.13 Å². The molecule has 0 spiro atoms. The quantitative estimate of drug-likeness (QED) is 0.352. The van der Waals surface area contributed by atoms with Gasteiger partial charge in [-0.15, -0.1) is 11.3 Å². The maximum absolute atomic E-state index is 13.1. The number of rotatable bonds is 7. The molecule has 0 bridgehead atoms. The van der Waals surface area contributed by atoms with Gasteiger partial charge >= 0.3 is 0 Å². The molecule has 4 heterocycles. The minimum Gasteiger partial charge on any atom is -0.348 e. The summed E-state index contributed by atoms with van der Waals surface area (Å²) in [7, 11) is 0. The van der Waals surface area contributed by atoms with E-state index in [1.807, 2.05) is 41.7 Å². The molecule has 6 rings (SSSR count). The number of Topliss-reactive ketones (excluding diaryl/α,β-unsaturated/α-hetero) is 1. The topological polar surface area (TPSA) is 49.3 Å². The van der Waals surface area contributed by atoms with Gasteiger partial charge in [-0.2, -0.15) is 0 Å². The Hall–Kier alpha value is -2.31. The van der Waals surface area contributed by atoms with Crippen molar-refractivity contribution in [2.45, 2.75) is 64.8 Å². The van der Waals surface area contributed by atoms with Crippen molar-refractivity contribution in [3.05, 3.63) is 52.7 Å². The molecule has 1 atom stereocenters.